The van der Waals surface area contributed by atoms with Gasteiger partial charge in [0, 0.05) is 19.6 Å². The Balaban J connectivity index is 1.86. The molecule has 7 heteroatoms. The average Bonchev–Trinajstić information content (AvgIpc) is 2.62. The van der Waals surface area contributed by atoms with Gasteiger partial charge < -0.3 is 10.1 Å². The molecule has 0 aromatic heterocycles. The highest BCUT2D eigenvalue weighted by Crippen LogP contribution is 2.12. The normalized spacial score (nSPS) is 11.4. The zero-order valence-electron chi connectivity index (χ0n) is 15.9. The third-order valence-corrected chi connectivity index (χ3v) is 5.41. The molecule has 0 spiro atoms. The molecule has 27 heavy (non-hydrogen) atoms. The van der Waals surface area contributed by atoms with Crippen molar-refractivity contribution in [3.8, 4) is 5.75 Å². The van der Waals surface area contributed by atoms with E-state index in [0.29, 0.717) is 0 Å². The van der Waals surface area contributed by atoms with Gasteiger partial charge in [0.25, 0.3) is 0 Å². The Morgan fingerprint density at radius 1 is 1.04 bits per heavy atom. The van der Waals surface area contributed by atoms with Gasteiger partial charge in [0.05, 0.1) is 19.8 Å². The minimum Gasteiger partial charge on any atom is -0.497 e. The molecule has 2 aromatic carbocycles. The Labute approximate surface area is 161 Å². The number of rotatable bonds is 9. The summed E-state index contributed by atoms with van der Waals surface area (Å²) in [5.41, 5.74) is 2.90. The van der Waals surface area contributed by atoms with Crippen LogP contribution in [0.25, 0.3) is 0 Å². The number of benzene rings is 2. The molecule has 146 valence electrons. The predicted molar refractivity (Wildman–Crippen MR) is 106 cm³/mol. The second-order valence-electron chi connectivity index (χ2n) is 6.46. The monoisotopic (exact) mass is 390 g/mol. The molecular weight excluding hydrogens is 364 g/mol. The molecule has 0 saturated carbocycles. The molecule has 0 aliphatic rings. The molecule has 0 aliphatic carbocycles. The first-order chi connectivity index (χ1) is 12.8. The minimum atomic E-state index is -3.37. The number of methoxy groups -OCH3 is 1. The molecule has 1 amide bonds. The van der Waals surface area contributed by atoms with E-state index in [2.05, 4.69) is 5.32 Å². The Hall–Kier alpha value is -2.38. The van der Waals surface area contributed by atoms with Crippen molar-refractivity contribution in [2.24, 2.45) is 0 Å². The summed E-state index contributed by atoms with van der Waals surface area (Å²) in [6, 6.07) is 15.0. The molecule has 0 saturated heterocycles. The maximum atomic E-state index is 12.1. The lowest BCUT2D eigenvalue weighted by Crippen LogP contribution is -2.38. The molecule has 0 radical (unpaired) electrons. The van der Waals surface area contributed by atoms with E-state index in [4.69, 9.17) is 4.74 Å². The summed E-state index contributed by atoms with van der Waals surface area (Å²) in [6.45, 7) is 2.75. The zero-order valence-corrected chi connectivity index (χ0v) is 16.8. The number of sulfonamides is 1. The molecule has 0 heterocycles. The van der Waals surface area contributed by atoms with Crippen LogP contribution in [0, 0.1) is 6.92 Å². The van der Waals surface area contributed by atoms with Gasteiger partial charge in [-0.2, -0.15) is 4.31 Å². The molecule has 6 nitrogen and oxygen atoms in total. The first-order valence-corrected chi connectivity index (χ1v) is 10.5. The van der Waals surface area contributed by atoms with Crippen molar-refractivity contribution in [2.45, 2.75) is 19.9 Å². The van der Waals surface area contributed by atoms with Crippen LogP contribution in [-0.2, 0) is 27.8 Å². The third kappa shape index (κ3) is 7.03. The Morgan fingerprint density at radius 3 is 2.19 bits per heavy atom. The van der Waals surface area contributed by atoms with E-state index < -0.39 is 10.0 Å². The van der Waals surface area contributed by atoms with E-state index >= 15 is 0 Å². The van der Waals surface area contributed by atoms with Crippen LogP contribution in [-0.4, -0.2) is 45.1 Å². The van der Waals surface area contributed by atoms with Gasteiger partial charge in [-0.05, 0) is 30.2 Å². The lowest BCUT2D eigenvalue weighted by atomic mass is 10.1. The molecule has 0 unspecified atom stereocenters. The Kier molecular flexibility index (Phi) is 7.38. The van der Waals surface area contributed by atoms with E-state index in [9.17, 15) is 13.2 Å². The second kappa shape index (κ2) is 9.53. The van der Waals surface area contributed by atoms with Crippen LogP contribution >= 0.6 is 0 Å². The van der Waals surface area contributed by atoms with Crippen LogP contribution in [0.4, 0.5) is 0 Å². The topological polar surface area (TPSA) is 75.7 Å². The average molecular weight is 391 g/mol. The zero-order chi connectivity index (χ0) is 19.9. The van der Waals surface area contributed by atoms with Crippen molar-refractivity contribution >= 4 is 15.9 Å². The molecule has 0 fully saturated rings. The molecule has 0 bridgehead atoms. The number of ether oxygens (including phenoxy) is 1. The predicted octanol–water partition coefficient (Wildman–Crippen LogP) is 2.12. The summed E-state index contributed by atoms with van der Waals surface area (Å²) in [4.78, 5) is 12.1. The van der Waals surface area contributed by atoms with Gasteiger partial charge >= 0.3 is 0 Å². The molecule has 0 atom stereocenters. The first-order valence-electron chi connectivity index (χ1n) is 8.68. The summed E-state index contributed by atoms with van der Waals surface area (Å²) in [7, 11) is -1.78. The summed E-state index contributed by atoms with van der Waals surface area (Å²) < 4.78 is 30.5. The van der Waals surface area contributed by atoms with E-state index in [-0.39, 0.29) is 32.0 Å². The number of amides is 1. The fourth-order valence-corrected chi connectivity index (χ4v) is 3.38. The lowest BCUT2D eigenvalue weighted by Gasteiger charge is -2.20. The quantitative estimate of drug-likeness (QED) is 0.712. The van der Waals surface area contributed by atoms with Gasteiger partial charge in [-0.15, -0.1) is 0 Å². The highest BCUT2D eigenvalue weighted by Gasteiger charge is 2.17. The van der Waals surface area contributed by atoms with Crippen molar-refractivity contribution in [1.82, 2.24) is 9.62 Å². The number of carbonyl (C=O) groups excluding carboxylic acids is 1. The summed E-state index contributed by atoms with van der Waals surface area (Å²) in [5.74, 6) is 0.586. The van der Waals surface area contributed by atoms with Crippen molar-refractivity contribution < 1.29 is 17.9 Å². The fraction of sp³-hybridized carbons (Fsp3) is 0.350. The van der Waals surface area contributed by atoms with E-state index in [1.54, 1.807) is 19.2 Å². The van der Waals surface area contributed by atoms with Crippen molar-refractivity contribution in [3.63, 3.8) is 0 Å². The fourth-order valence-electron chi connectivity index (χ4n) is 2.57. The number of hydrogen-bond donors (Lipinski definition) is 1. The molecule has 2 aromatic rings. The van der Waals surface area contributed by atoms with Gasteiger partial charge in [0.15, 0.2) is 0 Å². The van der Waals surface area contributed by atoms with E-state index in [1.807, 2.05) is 43.3 Å². The lowest BCUT2D eigenvalue weighted by molar-refractivity contribution is -0.120. The number of nitrogens with one attached hydrogen (secondary N) is 1. The minimum absolute atomic E-state index is 0.149. The maximum Gasteiger partial charge on any atom is 0.224 e. The number of aryl methyl sites for hydroxylation is 1. The standard InChI is InChI=1S/C20H26N2O4S/c1-16-4-6-18(7-5-16)15-22(27(3,24)25)13-12-21-20(23)14-17-8-10-19(26-2)11-9-17/h4-11H,12-15H2,1-3H3,(H,21,23). The molecule has 1 N–H and O–H groups in total. The number of carbonyl (C=O) groups is 1. The van der Waals surface area contributed by atoms with Crippen LogP contribution in [0.15, 0.2) is 48.5 Å². The second-order valence-corrected chi connectivity index (χ2v) is 8.44. The smallest absolute Gasteiger partial charge is 0.224 e. The largest absolute Gasteiger partial charge is 0.497 e. The highest BCUT2D eigenvalue weighted by atomic mass is 32.2. The van der Waals surface area contributed by atoms with Crippen LogP contribution in [0.2, 0.25) is 0 Å². The van der Waals surface area contributed by atoms with Crippen molar-refractivity contribution in [1.29, 1.82) is 0 Å². The van der Waals surface area contributed by atoms with Gasteiger partial charge in [-0.1, -0.05) is 42.0 Å². The molecule has 2 rings (SSSR count). The first kappa shape index (κ1) is 20.9. The Morgan fingerprint density at radius 2 is 1.63 bits per heavy atom. The van der Waals surface area contributed by atoms with E-state index in [0.717, 1.165) is 22.4 Å². The molecular formula is C20H26N2O4S. The summed E-state index contributed by atoms with van der Waals surface area (Å²) >= 11 is 0. The van der Waals surface area contributed by atoms with Gasteiger partial charge in [0.1, 0.15) is 5.75 Å². The Bertz CT molecular complexity index is 847. The van der Waals surface area contributed by atoms with E-state index in [1.165, 1.54) is 10.6 Å². The van der Waals surface area contributed by atoms with Gasteiger partial charge in [0.2, 0.25) is 15.9 Å². The number of nitrogens with zero attached hydrogens (tertiary/aromatic N) is 1. The maximum absolute atomic E-state index is 12.1. The van der Waals surface area contributed by atoms with Crippen LogP contribution < -0.4 is 10.1 Å². The number of hydrogen-bond acceptors (Lipinski definition) is 4. The van der Waals surface area contributed by atoms with Crippen molar-refractivity contribution in [3.05, 3.63) is 65.2 Å². The van der Waals surface area contributed by atoms with Gasteiger partial charge in [-0.3, -0.25) is 4.79 Å². The summed E-state index contributed by atoms with van der Waals surface area (Å²) in [6.07, 6.45) is 1.42. The van der Waals surface area contributed by atoms with Crippen LogP contribution in [0.5, 0.6) is 5.75 Å². The summed E-state index contributed by atoms with van der Waals surface area (Å²) in [5, 5.41) is 2.78. The highest BCUT2D eigenvalue weighted by molar-refractivity contribution is 7.88. The molecule has 0 aliphatic heterocycles. The SMILES string of the molecule is COc1ccc(CC(=O)NCCN(Cc2ccc(C)cc2)S(C)(=O)=O)cc1. The van der Waals surface area contributed by atoms with Crippen LogP contribution in [0.3, 0.4) is 0 Å². The third-order valence-electron chi connectivity index (χ3n) is 4.16. The van der Waals surface area contributed by atoms with Crippen molar-refractivity contribution in [2.75, 3.05) is 26.5 Å². The van der Waals surface area contributed by atoms with Crippen LogP contribution in [0.1, 0.15) is 16.7 Å². The van der Waals surface area contributed by atoms with Gasteiger partial charge in [-0.25, -0.2) is 8.42 Å².